The SMILES string of the molecule is CCCCCC/C=C\COC(=O)CCCCCCCC(CCCCCCCC(=O)OC/C=C\CCCCCC)NC(=O)CC(C)(C)CC(C)(C)CN(C)C. The van der Waals surface area contributed by atoms with E-state index in [4.69, 9.17) is 9.47 Å². The summed E-state index contributed by atoms with van der Waals surface area (Å²) in [5.74, 6) is -0.0319. The predicted octanol–water partition coefficient (Wildman–Crippen LogP) is 12.5. The number of hydrogen-bond donors (Lipinski definition) is 1. The van der Waals surface area contributed by atoms with Crippen molar-refractivity contribution in [2.45, 2.75) is 215 Å². The Morgan fingerprint density at radius 3 is 1.44 bits per heavy atom. The summed E-state index contributed by atoms with van der Waals surface area (Å²) >= 11 is 0. The van der Waals surface area contributed by atoms with Crippen molar-refractivity contribution in [3.8, 4) is 0 Å². The van der Waals surface area contributed by atoms with Crippen molar-refractivity contribution in [2.24, 2.45) is 10.8 Å². The fourth-order valence-electron chi connectivity index (χ4n) is 7.83. The Bertz CT molecular complexity index is 935. The summed E-state index contributed by atoms with van der Waals surface area (Å²) < 4.78 is 10.7. The van der Waals surface area contributed by atoms with Crippen LogP contribution in [0.4, 0.5) is 0 Å². The highest BCUT2D eigenvalue weighted by Gasteiger charge is 2.31. The van der Waals surface area contributed by atoms with Gasteiger partial charge in [-0.1, -0.05) is 156 Å². The van der Waals surface area contributed by atoms with Gasteiger partial charge in [0.05, 0.1) is 0 Å². The summed E-state index contributed by atoms with van der Waals surface area (Å²) in [6, 6.07) is 0.187. The minimum absolute atomic E-state index is 0.0779. The third-order valence-electron chi connectivity index (χ3n) is 10.0. The molecule has 0 aromatic rings. The molecule has 0 aliphatic heterocycles. The highest BCUT2D eigenvalue weighted by Crippen LogP contribution is 2.36. The molecule has 0 aliphatic carbocycles. The average Bonchev–Trinajstić information content (AvgIpc) is 3.08. The lowest BCUT2D eigenvalue weighted by atomic mass is 9.73. The molecule has 0 aromatic carbocycles. The predicted molar refractivity (Wildman–Crippen MR) is 230 cm³/mol. The van der Waals surface area contributed by atoms with E-state index in [0.717, 1.165) is 103 Å². The molecule has 0 atom stereocenters. The molecule has 0 unspecified atom stereocenters. The van der Waals surface area contributed by atoms with Crippen molar-refractivity contribution >= 4 is 17.8 Å². The maximum atomic E-state index is 13.4. The topological polar surface area (TPSA) is 84.9 Å². The summed E-state index contributed by atoms with van der Waals surface area (Å²) in [6.45, 7) is 15.2. The van der Waals surface area contributed by atoms with Crippen molar-refractivity contribution in [3.05, 3.63) is 24.3 Å². The van der Waals surface area contributed by atoms with Crippen molar-refractivity contribution in [2.75, 3.05) is 33.9 Å². The van der Waals surface area contributed by atoms with Gasteiger partial charge in [0, 0.05) is 31.8 Å². The first-order valence-corrected chi connectivity index (χ1v) is 22.4. The van der Waals surface area contributed by atoms with Gasteiger partial charge in [0.1, 0.15) is 13.2 Å². The first-order chi connectivity index (χ1) is 25.8. The smallest absolute Gasteiger partial charge is 0.306 e. The Balaban J connectivity index is 4.57. The first-order valence-electron chi connectivity index (χ1n) is 22.4. The highest BCUT2D eigenvalue weighted by molar-refractivity contribution is 5.77. The molecule has 0 radical (unpaired) electrons. The molecular weight excluding hydrogens is 673 g/mol. The number of unbranched alkanes of at least 4 members (excludes halogenated alkanes) is 16. The fourth-order valence-corrected chi connectivity index (χ4v) is 7.83. The van der Waals surface area contributed by atoms with Crippen molar-refractivity contribution < 1.29 is 23.9 Å². The Hall–Kier alpha value is -2.15. The van der Waals surface area contributed by atoms with Crippen LogP contribution in [0.3, 0.4) is 0 Å². The van der Waals surface area contributed by atoms with Crippen LogP contribution < -0.4 is 5.32 Å². The molecule has 1 amide bonds. The van der Waals surface area contributed by atoms with Crippen molar-refractivity contribution in [3.63, 3.8) is 0 Å². The van der Waals surface area contributed by atoms with Crippen molar-refractivity contribution in [1.82, 2.24) is 10.2 Å². The number of ether oxygens (including phenoxy) is 2. The standard InChI is InChI=1S/C47H88N2O5/c1-9-11-13-15-17-25-31-37-53-44(51)35-29-23-19-21-27-33-42(48-43(50)39-46(3,4)40-47(5,6)41-49(7)8)34-28-22-20-24-30-36-45(52)54-38-32-26-18-16-14-12-10-2/h25-26,31-32,42H,9-24,27-30,33-41H2,1-8H3,(H,48,50)/b31-25-,32-26-. The third-order valence-corrected chi connectivity index (χ3v) is 10.0. The molecule has 1 N–H and O–H groups in total. The fraction of sp³-hybridized carbons (Fsp3) is 0.851. The minimum atomic E-state index is -0.0994. The summed E-state index contributed by atoms with van der Waals surface area (Å²) in [5, 5.41) is 3.43. The van der Waals surface area contributed by atoms with Crippen LogP contribution in [0.15, 0.2) is 24.3 Å². The lowest BCUT2D eigenvalue weighted by Gasteiger charge is -2.36. The summed E-state index contributed by atoms with van der Waals surface area (Å²) in [4.78, 5) is 39.8. The Morgan fingerprint density at radius 2 is 1.00 bits per heavy atom. The van der Waals surface area contributed by atoms with Gasteiger partial charge >= 0.3 is 11.9 Å². The van der Waals surface area contributed by atoms with Crippen LogP contribution in [0.25, 0.3) is 0 Å². The van der Waals surface area contributed by atoms with E-state index in [9.17, 15) is 14.4 Å². The average molecular weight is 761 g/mol. The van der Waals surface area contributed by atoms with Crippen LogP contribution in [-0.2, 0) is 23.9 Å². The van der Waals surface area contributed by atoms with E-state index in [1.165, 1.54) is 51.4 Å². The van der Waals surface area contributed by atoms with Gasteiger partial charge in [-0.25, -0.2) is 0 Å². The number of amides is 1. The normalized spacial score (nSPS) is 12.4. The van der Waals surface area contributed by atoms with Gasteiger partial charge in [-0.05, 0) is 82.7 Å². The van der Waals surface area contributed by atoms with Crippen LogP contribution in [0, 0.1) is 10.8 Å². The summed E-state index contributed by atoms with van der Waals surface area (Å²) in [6.07, 6.45) is 35.2. The van der Waals surface area contributed by atoms with E-state index in [1.807, 2.05) is 12.2 Å². The molecule has 0 aromatic heterocycles. The molecule has 54 heavy (non-hydrogen) atoms. The maximum absolute atomic E-state index is 13.4. The van der Waals surface area contributed by atoms with Gasteiger partial charge in [-0.2, -0.15) is 0 Å². The molecule has 0 bridgehead atoms. The van der Waals surface area contributed by atoms with Crippen LogP contribution in [0.2, 0.25) is 0 Å². The monoisotopic (exact) mass is 761 g/mol. The second kappa shape index (κ2) is 34.1. The Kier molecular flexibility index (Phi) is 32.8. The van der Waals surface area contributed by atoms with E-state index >= 15 is 0 Å². The third kappa shape index (κ3) is 35.5. The molecular formula is C47H88N2O5. The van der Waals surface area contributed by atoms with Crippen LogP contribution in [-0.4, -0.2) is 62.6 Å². The molecule has 316 valence electrons. The number of allylic oxidation sites excluding steroid dienone is 2. The van der Waals surface area contributed by atoms with E-state index in [-0.39, 0.29) is 34.7 Å². The Labute approximate surface area is 334 Å². The number of esters is 2. The molecule has 0 aliphatic rings. The zero-order chi connectivity index (χ0) is 40.3. The van der Waals surface area contributed by atoms with Crippen LogP contribution in [0.5, 0.6) is 0 Å². The number of nitrogens with one attached hydrogen (secondary N) is 1. The first kappa shape index (κ1) is 51.9. The van der Waals surface area contributed by atoms with E-state index in [0.29, 0.717) is 32.5 Å². The summed E-state index contributed by atoms with van der Waals surface area (Å²) in [5.41, 5.74) is 0.0564. The zero-order valence-corrected chi connectivity index (χ0v) is 36.9. The minimum Gasteiger partial charge on any atom is -0.461 e. The van der Waals surface area contributed by atoms with E-state index < -0.39 is 0 Å². The van der Waals surface area contributed by atoms with Gasteiger partial charge in [-0.3, -0.25) is 14.4 Å². The lowest BCUT2D eigenvalue weighted by molar-refractivity contribution is -0.143. The summed E-state index contributed by atoms with van der Waals surface area (Å²) in [7, 11) is 4.22. The zero-order valence-electron chi connectivity index (χ0n) is 36.9. The van der Waals surface area contributed by atoms with Crippen molar-refractivity contribution in [1.29, 1.82) is 0 Å². The van der Waals surface area contributed by atoms with Gasteiger partial charge in [0.25, 0.3) is 0 Å². The maximum Gasteiger partial charge on any atom is 0.306 e. The number of nitrogens with zero attached hydrogens (tertiary/aromatic N) is 1. The van der Waals surface area contributed by atoms with Crippen LogP contribution >= 0.6 is 0 Å². The molecule has 0 saturated carbocycles. The molecule has 0 heterocycles. The second-order valence-corrected chi connectivity index (χ2v) is 17.8. The van der Waals surface area contributed by atoms with Gasteiger partial charge in [-0.15, -0.1) is 0 Å². The van der Waals surface area contributed by atoms with Gasteiger partial charge in [0.15, 0.2) is 0 Å². The quantitative estimate of drug-likeness (QED) is 0.0385. The molecule has 7 nitrogen and oxygen atoms in total. The molecule has 0 saturated heterocycles. The van der Waals surface area contributed by atoms with Crippen LogP contribution in [0.1, 0.15) is 208 Å². The van der Waals surface area contributed by atoms with Gasteiger partial charge in [0.2, 0.25) is 5.91 Å². The number of carbonyl (C=O) groups excluding carboxylic acids is 3. The number of rotatable bonds is 37. The molecule has 7 heteroatoms. The Morgan fingerprint density at radius 1 is 0.574 bits per heavy atom. The second-order valence-electron chi connectivity index (χ2n) is 17.8. The highest BCUT2D eigenvalue weighted by atomic mass is 16.5. The molecule has 0 fully saturated rings. The molecule has 0 spiro atoms. The molecule has 0 rings (SSSR count). The number of hydrogen-bond acceptors (Lipinski definition) is 6. The largest absolute Gasteiger partial charge is 0.461 e. The number of carbonyl (C=O) groups is 3. The van der Waals surface area contributed by atoms with E-state index in [1.54, 1.807) is 0 Å². The lowest BCUT2D eigenvalue weighted by Crippen LogP contribution is -2.39. The van der Waals surface area contributed by atoms with E-state index in [2.05, 4.69) is 78.0 Å². The van der Waals surface area contributed by atoms with Gasteiger partial charge < -0.3 is 19.7 Å².